The Hall–Kier alpha value is -3.80. The molecular formula is C30H40N10O. The van der Waals surface area contributed by atoms with Crippen LogP contribution in [-0.2, 0) is 0 Å². The van der Waals surface area contributed by atoms with Crippen molar-refractivity contribution < 1.29 is 4.79 Å². The molecule has 0 bridgehead atoms. The summed E-state index contributed by atoms with van der Waals surface area (Å²) in [6.45, 7) is 8.58. The van der Waals surface area contributed by atoms with Crippen molar-refractivity contribution in [3.05, 3.63) is 54.5 Å². The molecule has 5 heterocycles. The molecule has 216 valence electrons. The van der Waals surface area contributed by atoms with Gasteiger partial charge in [-0.05, 0) is 69.3 Å². The number of aromatic nitrogens is 3. The Balaban J connectivity index is 1.18. The van der Waals surface area contributed by atoms with E-state index in [9.17, 15) is 4.79 Å². The Morgan fingerprint density at radius 1 is 0.927 bits per heavy atom. The van der Waals surface area contributed by atoms with Crippen molar-refractivity contribution in [2.45, 2.75) is 31.3 Å². The van der Waals surface area contributed by atoms with E-state index in [2.05, 4.69) is 54.8 Å². The lowest BCUT2D eigenvalue weighted by molar-refractivity contribution is 0.0982. The number of hydrogen-bond donors (Lipinski definition) is 4. The maximum absolute atomic E-state index is 12.5. The summed E-state index contributed by atoms with van der Waals surface area (Å²) < 4.78 is 0. The number of primary amides is 1. The van der Waals surface area contributed by atoms with Crippen molar-refractivity contribution in [3.63, 3.8) is 0 Å². The average molecular weight is 557 g/mol. The molecule has 1 atom stereocenters. The molecule has 11 nitrogen and oxygen atoms in total. The molecule has 0 aliphatic carbocycles. The fourth-order valence-electron chi connectivity index (χ4n) is 6.05. The summed E-state index contributed by atoms with van der Waals surface area (Å²) in [5, 5.41) is 10.2. The number of nitrogens with zero attached hydrogens (tertiary/aromatic N) is 6. The molecule has 3 aromatic rings. The Morgan fingerprint density at radius 2 is 1.66 bits per heavy atom. The summed E-state index contributed by atoms with van der Waals surface area (Å²) in [6, 6.07) is 12.9. The number of nitrogens with one attached hydrogen (secondary N) is 3. The van der Waals surface area contributed by atoms with E-state index in [1.807, 2.05) is 24.3 Å². The molecule has 3 saturated heterocycles. The maximum Gasteiger partial charge on any atom is 0.271 e. The summed E-state index contributed by atoms with van der Waals surface area (Å²) in [6.07, 6.45) is 6.76. The van der Waals surface area contributed by atoms with Crippen LogP contribution in [0.15, 0.2) is 48.8 Å². The lowest BCUT2D eigenvalue weighted by atomic mass is 10.0. The molecule has 1 aromatic carbocycles. The number of amides is 1. The molecule has 41 heavy (non-hydrogen) atoms. The van der Waals surface area contributed by atoms with Crippen LogP contribution in [0, 0.1) is 0 Å². The Kier molecular flexibility index (Phi) is 8.26. The highest BCUT2D eigenvalue weighted by atomic mass is 16.1. The zero-order chi connectivity index (χ0) is 28.2. The maximum atomic E-state index is 12.5. The highest BCUT2D eigenvalue weighted by Crippen LogP contribution is 2.31. The average Bonchev–Trinajstić information content (AvgIpc) is 3.52. The van der Waals surface area contributed by atoms with Crippen LogP contribution in [0.2, 0.25) is 0 Å². The van der Waals surface area contributed by atoms with Gasteiger partial charge in [0.15, 0.2) is 17.3 Å². The first-order chi connectivity index (χ1) is 20.0. The SMILES string of the molecule is CN1CCN(C2CCN(c3ccc(Nc4nc(N[C@@H]5CCNC5)c(-c5ccncc5)nc4C(N)=O)cc3)CC2)CC1. The van der Waals surface area contributed by atoms with E-state index in [-0.39, 0.29) is 11.7 Å². The van der Waals surface area contributed by atoms with Gasteiger partial charge in [0.2, 0.25) is 0 Å². The smallest absolute Gasteiger partial charge is 0.271 e. The Bertz CT molecular complexity index is 1310. The van der Waals surface area contributed by atoms with Crippen LogP contribution < -0.4 is 26.6 Å². The lowest BCUT2D eigenvalue weighted by Crippen LogP contribution is -2.52. The molecule has 1 amide bonds. The van der Waals surface area contributed by atoms with Gasteiger partial charge in [0.05, 0.1) is 0 Å². The van der Waals surface area contributed by atoms with E-state index in [1.165, 1.54) is 44.7 Å². The number of piperazine rings is 1. The van der Waals surface area contributed by atoms with Gasteiger partial charge in [-0.25, -0.2) is 9.97 Å². The van der Waals surface area contributed by atoms with Crippen LogP contribution in [-0.4, -0.2) is 102 Å². The minimum Gasteiger partial charge on any atom is -0.371 e. The lowest BCUT2D eigenvalue weighted by Gasteiger charge is -2.42. The second-order valence-electron chi connectivity index (χ2n) is 11.3. The Morgan fingerprint density at radius 3 is 2.32 bits per heavy atom. The predicted octanol–water partition coefficient (Wildman–Crippen LogP) is 2.37. The van der Waals surface area contributed by atoms with Gasteiger partial charge >= 0.3 is 0 Å². The zero-order valence-electron chi connectivity index (χ0n) is 23.7. The molecule has 5 N–H and O–H groups in total. The van der Waals surface area contributed by atoms with Gasteiger partial charge in [0.1, 0.15) is 5.69 Å². The van der Waals surface area contributed by atoms with E-state index in [0.29, 0.717) is 23.4 Å². The molecule has 0 saturated carbocycles. The van der Waals surface area contributed by atoms with Crippen molar-refractivity contribution in [2.24, 2.45) is 5.73 Å². The number of hydrogen-bond acceptors (Lipinski definition) is 10. The van der Waals surface area contributed by atoms with Crippen molar-refractivity contribution in [1.82, 2.24) is 30.1 Å². The molecule has 3 aliphatic rings. The van der Waals surface area contributed by atoms with E-state index in [4.69, 9.17) is 15.7 Å². The number of pyridine rings is 1. The number of benzene rings is 1. The molecule has 3 fully saturated rings. The summed E-state index contributed by atoms with van der Waals surface area (Å²) in [5.41, 5.74) is 9.31. The molecule has 3 aliphatic heterocycles. The van der Waals surface area contributed by atoms with E-state index in [1.54, 1.807) is 12.4 Å². The van der Waals surface area contributed by atoms with Crippen molar-refractivity contribution in [3.8, 4) is 11.3 Å². The highest BCUT2D eigenvalue weighted by Gasteiger charge is 2.27. The van der Waals surface area contributed by atoms with Crippen molar-refractivity contribution >= 4 is 28.9 Å². The summed E-state index contributed by atoms with van der Waals surface area (Å²) in [4.78, 5) is 33.7. The number of carbonyl (C=O) groups is 1. The zero-order valence-corrected chi connectivity index (χ0v) is 23.7. The second-order valence-corrected chi connectivity index (χ2v) is 11.3. The molecule has 11 heteroatoms. The van der Waals surface area contributed by atoms with Crippen LogP contribution in [0.3, 0.4) is 0 Å². The second kappa shape index (κ2) is 12.4. The van der Waals surface area contributed by atoms with Gasteiger partial charge in [-0.1, -0.05) is 0 Å². The molecule has 0 spiro atoms. The number of rotatable bonds is 8. The largest absolute Gasteiger partial charge is 0.371 e. The topological polar surface area (TPSA) is 128 Å². The van der Waals surface area contributed by atoms with Crippen molar-refractivity contribution in [2.75, 3.05) is 74.9 Å². The third-order valence-electron chi connectivity index (χ3n) is 8.50. The van der Waals surface area contributed by atoms with Crippen LogP contribution in [0.1, 0.15) is 29.8 Å². The van der Waals surface area contributed by atoms with Gasteiger partial charge in [-0.2, -0.15) is 0 Å². The summed E-state index contributed by atoms with van der Waals surface area (Å²) in [5.74, 6) is 0.311. The first kappa shape index (κ1) is 27.4. The fraction of sp³-hybridized carbons (Fsp3) is 0.467. The normalized spacial score (nSPS) is 20.7. The number of nitrogens with two attached hydrogens (primary N) is 1. The molecule has 0 unspecified atom stereocenters. The highest BCUT2D eigenvalue weighted by molar-refractivity contribution is 5.97. The minimum atomic E-state index is -0.635. The predicted molar refractivity (Wildman–Crippen MR) is 163 cm³/mol. The van der Waals surface area contributed by atoms with Gasteiger partial charge < -0.3 is 31.5 Å². The van der Waals surface area contributed by atoms with Crippen molar-refractivity contribution in [1.29, 1.82) is 0 Å². The third-order valence-corrected chi connectivity index (χ3v) is 8.50. The standard InChI is InChI=1S/C30H40N10O/c1-38-16-18-40(19-17-38)25-9-14-39(15-10-25)24-4-2-22(3-5-24)34-30-27(28(31)41)36-26(21-6-11-32-12-7-21)29(37-30)35-23-8-13-33-20-23/h2-7,11-12,23,25,33H,8-10,13-20H2,1H3,(H2,31,41)(H2,34,35,37)/t23-/m1/s1. The van der Waals surface area contributed by atoms with Crippen LogP contribution in [0.4, 0.5) is 23.0 Å². The summed E-state index contributed by atoms with van der Waals surface area (Å²) in [7, 11) is 2.21. The monoisotopic (exact) mass is 556 g/mol. The van der Waals surface area contributed by atoms with E-state index >= 15 is 0 Å². The van der Waals surface area contributed by atoms with Gasteiger partial charge in [0, 0.05) is 87.2 Å². The quantitative estimate of drug-likeness (QED) is 0.328. The molecule has 6 rings (SSSR count). The number of anilines is 4. The first-order valence-electron chi connectivity index (χ1n) is 14.7. The van der Waals surface area contributed by atoms with E-state index in [0.717, 1.165) is 43.9 Å². The number of piperidine rings is 1. The Labute approximate surface area is 241 Å². The van der Waals surface area contributed by atoms with Crippen LogP contribution in [0.5, 0.6) is 0 Å². The number of likely N-dealkylation sites (N-methyl/N-ethyl adjacent to an activating group) is 1. The fourth-order valence-corrected chi connectivity index (χ4v) is 6.05. The van der Waals surface area contributed by atoms with Crippen LogP contribution >= 0.6 is 0 Å². The van der Waals surface area contributed by atoms with Gasteiger partial charge in [-0.15, -0.1) is 0 Å². The third kappa shape index (κ3) is 6.42. The molecule has 2 aromatic heterocycles. The summed E-state index contributed by atoms with van der Waals surface area (Å²) >= 11 is 0. The molecule has 0 radical (unpaired) electrons. The first-order valence-corrected chi connectivity index (χ1v) is 14.7. The van der Waals surface area contributed by atoms with Gasteiger partial charge in [0.25, 0.3) is 5.91 Å². The number of carbonyl (C=O) groups excluding carboxylic acids is 1. The van der Waals surface area contributed by atoms with Crippen LogP contribution in [0.25, 0.3) is 11.3 Å². The van der Waals surface area contributed by atoms with Gasteiger partial charge in [-0.3, -0.25) is 14.7 Å². The van der Waals surface area contributed by atoms with E-state index < -0.39 is 5.91 Å². The molecular weight excluding hydrogens is 516 g/mol. The minimum absolute atomic E-state index is 0.0990.